The standard InChI is InChI=1S/C22H25N5O/c1-16-5-6-19(17(2)13-16)25-21(28)15-27-12-9-24-22(27)18-7-8-23-20(14-18)26-10-3-4-11-26/h5-9,12-14H,3-4,10-11,15H2,1-2H3,(H,25,28). The number of imidazole rings is 1. The van der Waals surface area contributed by atoms with Gasteiger partial charge in [-0.1, -0.05) is 17.7 Å². The van der Waals surface area contributed by atoms with Crippen LogP contribution in [0, 0.1) is 13.8 Å². The van der Waals surface area contributed by atoms with Crippen LogP contribution in [0.1, 0.15) is 24.0 Å². The summed E-state index contributed by atoms with van der Waals surface area (Å²) in [6.45, 7) is 6.35. The first-order valence-electron chi connectivity index (χ1n) is 9.70. The minimum absolute atomic E-state index is 0.0694. The minimum Gasteiger partial charge on any atom is -0.357 e. The number of aromatic nitrogens is 3. The Balaban J connectivity index is 1.51. The predicted molar refractivity (Wildman–Crippen MR) is 111 cm³/mol. The molecule has 0 aliphatic carbocycles. The van der Waals surface area contributed by atoms with E-state index in [1.165, 1.54) is 18.4 Å². The van der Waals surface area contributed by atoms with E-state index in [4.69, 9.17) is 0 Å². The Kier molecular flexibility index (Phi) is 5.10. The molecule has 144 valence electrons. The maximum atomic E-state index is 12.6. The number of carbonyl (C=O) groups excluding carboxylic acids is 1. The third kappa shape index (κ3) is 3.91. The monoisotopic (exact) mass is 375 g/mol. The van der Waals surface area contributed by atoms with E-state index in [-0.39, 0.29) is 12.5 Å². The Hall–Kier alpha value is -3.15. The van der Waals surface area contributed by atoms with Gasteiger partial charge in [-0.25, -0.2) is 9.97 Å². The molecule has 0 atom stereocenters. The predicted octanol–water partition coefficient (Wildman–Crippen LogP) is 3.80. The van der Waals surface area contributed by atoms with Gasteiger partial charge in [0.2, 0.25) is 5.91 Å². The smallest absolute Gasteiger partial charge is 0.244 e. The molecule has 6 nitrogen and oxygen atoms in total. The zero-order valence-electron chi connectivity index (χ0n) is 16.4. The van der Waals surface area contributed by atoms with Crippen LogP contribution < -0.4 is 10.2 Å². The second-order valence-corrected chi connectivity index (χ2v) is 7.34. The van der Waals surface area contributed by atoms with Gasteiger partial charge in [0.15, 0.2) is 0 Å². The SMILES string of the molecule is Cc1ccc(NC(=O)Cn2ccnc2-c2ccnc(N3CCCC3)c2)c(C)c1. The number of hydrogen-bond acceptors (Lipinski definition) is 4. The normalized spacial score (nSPS) is 13.7. The van der Waals surface area contributed by atoms with E-state index in [0.29, 0.717) is 0 Å². The average Bonchev–Trinajstić information content (AvgIpc) is 3.36. The number of benzene rings is 1. The minimum atomic E-state index is -0.0694. The van der Waals surface area contributed by atoms with Gasteiger partial charge >= 0.3 is 0 Å². The van der Waals surface area contributed by atoms with Crippen LogP contribution in [-0.2, 0) is 11.3 Å². The molecule has 28 heavy (non-hydrogen) atoms. The van der Waals surface area contributed by atoms with Crippen LogP contribution in [-0.4, -0.2) is 33.5 Å². The second kappa shape index (κ2) is 7.84. The maximum Gasteiger partial charge on any atom is 0.244 e. The first-order chi connectivity index (χ1) is 13.6. The molecule has 1 aliphatic rings. The summed E-state index contributed by atoms with van der Waals surface area (Å²) in [5.41, 5.74) is 4.06. The van der Waals surface area contributed by atoms with Gasteiger partial charge in [0, 0.05) is 42.9 Å². The van der Waals surface area contributed by atoms with Crippen LogP contribution in [0.5, 0.6) is 0 Å². The van der Waals surface area contributed by atoms with Gasteiger partial charge in [-0.05, 0) is 50.5 Å². The second-order valence-electron chi connectivity index (χ2n) is 7.34. The van der Waals surface area contributed by atoms with Crippen molar-refractivity contribution in [1.82, 2.24) is 14.5 Å². The summed E-state index contributed by atoms with van der Waals surface area (Å²) in [5, 5.41) is 3.00. The summed E-state index contributed by atoms with van der Waals surface area (Å²) in [5.74, 6) is 1.68. The molecule has 0 unspecified atom stereocenters. The van der Waals surface area contributed by atoms with Crippen LogP contribution in [0.4, 0.5) is 11.5 Å². The van der Waals surface area contributed by atoms with Crippen LogP contribution in [0.3, 0.4) is 0 Å². The summed E-state index contributed by atoms with van der Waals surface area (Å²) in [6.07, 6.45) is 7.80. The molecular weight excluding hydrogens is 350 g/mol. The van der Waals surface area contributed by atoms with E-state index in [9.17, 15) is 4.79 Å². The van der Waals surface area contributed by atoms with Crippen molar-refractivity contribution in [2.24, 2.45) is 0 Å². The van der Waals surface area contributed by atoms with Crippen molar-refractivity contribution >= 4 is 17.4 Å². The van der Waals surface area contributed by atoms with Crippen molar-refractivity contribution in [3.63, 3.8) is 0 Å². The quantitative estimate of drug-likeness (QED) is 0.737. The van der Waals surface area contributed by atoms with Crippen LogP contribution in [0.25, 0.3) is 11.4 Å². The number of rotatable bonds is 5. The molecule has 0 saturated carbocycles. The third-order valence-electron chi connectivity index (χ3n) is 5.12. The van der Waals surface area contributed by atoms with Gasteiger partial charge in [0.1, 0.15) is 18.2 Å². The highest BCUT2D eigenvalue weighted by Gasteiger charge is 2.16. The lowest BCUT2D eigenvalue weighted by atomic mass is 10.1. The fourth-order valence-electron chi connectivity index (χ4n) is 3.67. The average molecular weight is 375 g/mol. The van der Waals surface area contributed by atoms with E-state index in [0.717, 1.165) is 41.5 Å². The van der Waals surface area contributed by atoms with Crippen molar-refractivity contribution < 1.29 is 4.79 Å². The van der Waals surface area contributed by atoms with Gasteiger partial charge in [-0.3, -0.25) is 4.79 Å². The molecule has 4 rings (SSSR count). The molecule has 0 bridgehead atoms. The van der Waals surface area contributed by atoms with Crippen molar-refractivity contribution in [3.8, 4) is 11.4 Å². The molecule has 0 radical (unpaired) electrons. The van der Waals surface area contributed by atoms with Crippen LogP contribution in [0.2, 0.25) is 0 Å². The Bertz CT molecular complexity index is 988. The molecular formula is C22H25N5O. The molecule has 3 heterocycles. The van der Waals surface area contributed by atoms with E-state index in [2.05, 4.69) is 32.3 Å². The lowest BCUT2D eigenvalue weighted by Crippen LogP contribution is -2.20. The van der Waals surface area contributed by atoms with Gasteiger partial charge < -0.3 is 14.8 Å². The van der Waals surface area contributed by atoms with Gasteiger partial charge in [0.25, 0.3) is 0 Å². The molecule has 1 saturated heterocycles. The lowest BCUT2D eigenvalue weighted by Gasteiger charge is -2.17. The molecule has 6 heteroatoms. The summed E-state index contributed by atoms with van der Waals surface area (Å²) in [7, 11) is 0. The number of nitrogens with one attached hydrogen (secondary N) is 1. The molecule has 1 fully saturated rings. The van der Waals surface area contributed by atoms with Crippen molar-refractivity contribution in [2.45, 2.75) is 33.2 Å². The van der Waals surface area contributed by atoms with Crippen molar-refractivity contribution in [1.29, 1.82) is 0 Å². The highest BCUT2D eigenvalue weighted by Crippen LogP contribution is 2.24. The van der Waals surface area contributed by atoms with Crippen molar-refractivity contribution in [3.05, 3.63) is 60.0 Å². The van der Waals surface area contributed by atoms with Crippen LogP contribution >= 0.6 is 0 Å². The number of pyridine rings is 1. The molecule has 1 N–H and O–H groups in total. The van der Waals surface area contributed by atoms with E-state index in [1.807, 2.05) is 49.0 Å². The first kappa shape index (κ1) is 18.2. The number of anilines is 2. The highest BCUT2D eigenvalue weighted by atomic mass is 16.1. The number of hydrogen-bond donors (Lipinski definition) is 1. The van der Waals surface area contributed by atoms with Crippen molar-refractivity contribution in [2.75, 3.05) is 23.3 Å². The van der Waals surface area contributed by atoms with E-state index >= 15 is 0 Å². The van der Waals surface area contributed by atoms with Gasteiger partial charge in [-0.15, -0.1) is 0 Å². The molecule has 2 aromatic heterocycles. The number of aryl methyl sites for hydroxylation is 2. The lowest BCUT2D eigenvalue weighted by molar-refractivity contribution is -0.116. The maximum absolute atomic E-state index is 12.6. The zero-order chi connectivity index (χ0) is 19.5. The number of amides is 1. The molecule has 1 aromatic carbocycles. The fraction of sp³-hybridized carbons (Fsp3) is 0.318. The zero-order valence-corrected chi connectivity index (χ0v) is 16.4. The molecule has 1 aliphatic heterocycles. The highest BCUT2D eigenvalue weighted by molar-refractivity contribution is 5.91. The molecule has 1 amide bonds. The summed E-state index contributed by atoms with van der Waals surface area (Å²) >= 11 is 0. The molecule has 3 aromatic rings. The van der Waals surface area contributed by atoms with Gasteiger partial charge in [0.05, 0.1) is 0 Å². The summed E-state index contributed by atoms with van der Waals surface area (Å²) in [4.78, 5) is 23.9. The Morgan fingerprint density at radius 2 is 1.89 bits per heavy atom. The summed E-state index contributed by atoms with van der Waals surface area (Å²) < 4.78 is 1.88. The van der Waals surface area contributed by atoms with Gasteiger partial charge in [-0.2, -0.15) is 0 Å². The largest absolute Gasteiger partial charge is 0.357 e. The third-order valence-corrected chi connectivity index (χ3v) is 5.12. The van der Waals surface area contributed by atoms with E-state index < -0.39 is 0 Å². The Labute approximate surface area is 165 Å². The number of nitrogens with zero attached hydrogens (tertiary/aromatic N) is 4. The molecule has 0 spiro atoms. The van der Waals surface area contributed by atoms with E-state index in [1.54, 1.807) is 6.20 Å². The van der Waals surface area contributed by atoms with Crippen LogP contribution in [0.15, 0.2) is 48.9 Å². The Morgan fingerprint density at radius 3 is 2.68 bits per heavy atom. The topological polar surface area (TPSA) is 63.1 Å². The first-order valence-corrected chi connectivity index (χ1v) is 9.70. The fourth-order valence-corrected chi connectivity index (χ4v) is 3.67. The summed E-state index contributed by atoms with van der Waals surface area (Å²) in [6, 6.07) is 10.0. The number of carbonyl (C=O) groups is 1. The Morgan fingerprint density at radius 1 is 1.07 bits per heavy atom.